The van der Waals surface area contributed by atoms with Gasteiger partial charge in [-0.25, -0.2) is 0 Å². The van der Waals surface area contributed by atoms with E-state index in [1.807, 2.05) is 42.1 Å². The lowest BCUT2D eigenvalue weighted by Gasteiger charge is -2.30. The summed E-state index contributed by atoms with van der Waals surface area (Å²) in [4.78, 5) is 28.3. The van der Waals surface area contributed by atoms with Gasteiger partial charge in [-0.1, -0.05) is 43.2 Å². The smallest absolute Gasteiger partial charge is 0.295 e. The average molecular weight is 431 g/mol. The van der Waals surface area contributed by atoms with E-state index in [1.54, 1.807) is 36.3 Å². The number of likely N-dealkylation sites (tertiary alicyclic amines) is 1. The summed E-state index contributed by atoms with van der Waals surface area (Å²) in [5, 5.41) is 12.3. The molecule has 2 aliphatic rings. The van der Waals surface area contributed by atoms with Gasteiger partial charge in [-0.3, -0.25) is 9.59 Å². The molecule has 2 heterocycles. The summed E-state index contributed by atoms with van der Waals surface area (Å²) in [7, 11) is 3.50. The Balaban J connectivity index is 1.75. The first-order valence-electron chi connectivity index (χ1n) is 11.0. The minimum absolute atomic E-state index is 0.00831. The third kappa shape index (κ3) is 3.09. The zero-order chi connectivity index (χ0) is 22.4. The lowest BCUT2D eigenvalue weighted by atomic mass is 9.94. The molecular weight excluding hydrogens is 404 g/mol. The number of para-hydroxylation sites is 1. The van der Waals surface area contributed by atoms with Gasteiger partial charge in [0, 0.05) is 41.3 Å². The highest BCUT2D eigenvalue weighted by Crippen LogP contribution is 2.45. The summed E-state index contributed by atoms with van der Waals surface area (Å²) in [6, 6.07) is 14.2. The van der Waals surface area contributed by atoms with Crippen molar-refractivity contribution in [1.82, 2.24) is 9.47 Å². The minimum atomic E-state index is -0.629. The molecule has 0 spiro atoms. The Bertz CT molecular complexity index is 1250. The summed E-state index contributed by atoms with van der Waals surface area (Å²) in [5.41, 5.74) is 2.48. The van der Waals surface area contributed by atoms with Gasteiger partial charge in [0.1, 0.15) is 11.5 Å². The van der Waals surface area contributed by atoms with Crippen molar-refractivity contribution in [2.24, 2.45) is 7.05 Å². The van der Waals surface area contributed by atoms with Crippen LogP contribution in [0.15, 0.2) is 60.3 Å². The van der Waals surface area contributed by atoms with Crippen LogP contribution < -0.4 is 4.74 Å². The Labute approximate surface area is 186 Å². The zero-order valence-corrected chi connectivity index (χ0v) is 18.2. The van der Waals surface area contributed by atoms with E-state index in [-0.39, 0.29) is 17.4 Å². The number of ether oxygens (including phenoxy) is 1. The van der Waals surface area contributed by atoms with Gasteiger partial charge in [-0.05, 0) is 31.0 Å². The number of carbonyl (C=O) groups is 2. The molecule has 0 bridgehead atoms. The number of aryl methyl sites for hydroxylation is 1. The Morgan fingerprint density at radius 1 is 1.06 bits per heavy atom. The summed E-state index contributed by atoms with van der Waals surface area (Å²) < 4.78 is 7.30. The molecule has 1 aliphatic carbocycles. The van der Waals surface area contributed by atoms with Gasteiger partial charge in [0.15, 0.2) is 0 Å². The molecular formula is C26H26N2O4. The second-order valence-corrected chi connectivity index (χ2v) is 8.59. The molecule has 0 radical (unpaired) electrons. The summed E-state index contributed by atoms with van der Waals surface area (Å²) in [6.45, 7) is 0. The molecule has 1 saturated heterocycles. The van der Waals surface area contributed by atoms with E-state index in [9.17, 15) is 14.7 Å². The van der Waals surface area contributed by atoms with Crippen LogP contribution in [0.1, 0.15) is 42.9 Å². The van der Waals surface area contributed by atoms with Crippen molar-refractivity contribution in [3.8, 4) is 5.75 Å². The second kappa shape index (κ2) is 7.86. The summed E-state index contributed by atoms with van der Waals surface area (Å²) >= 11 is 0. The molecule has 1 N–H and O–H groups in total. The van der Waals surface area contributed by atoms with Crippen molar-refractivity contribution in [1.29, 1.82) is 0 Å². The fraction of sp³-hybridized carbons (Fsp3) is 0.308. The number of ketones is 1. The van der Waals surface area contributed by atoms with Gasteiger partial charge in [0.2, 0.25) is 0 Å². The highest BCUT2D eigenvalue weighted by molar-refractivity contribution is 6.46. The number of rotatable bonds is 4. The zero-order valence-electron chi connectivity index (χ0n) is 18.2. The summed E-state index contributed by atoms with van der Waals surface area (Å²) in [5.74, 6) is -0.754. The monoisotopic (exact) mass is 430 g/mol. The van der Waals surface area contributed by atoms with Crippen molar-refractivity contribution in [3.05, 3.63) is 71.4 Å². The normalized spacial score (nSPS) is 21.1. The van der Waals surface area contributed by atoms with Gasteiger partial charge in [-0.2, -0.15) is 0 Å². The molecule has 1 atom stereocenters. The van der Waals surface area contributed by atoms with Gasteiger partial charge in [-0.15, -0.1) is 0 Å². The lowest BCUT2D eigenvalue weighted by Crippen LogP contribution is -2.37. The highest BCUT2D eigenvalue weighted by atomic mass is 16.5. The van der Waals surface area contributed by atoms with Crippen LogP contribution in [0.3, 0.4) is 0 Å². The number of benzene rings is 2. The number of fused-ring (bicyclic) bond motifs is 1. The number of hydrogen-bond acceptors (Lipinski definition) is 4. The molecule has 2 fully saturated rings. The Morgan fingerprint density at radius 2 is 1.81 bits per heavy atom. The van der Waals surface area contributed by atoms with E-state index in [0.29, 0.717) is 11.3 Å². The minimum Gasteiger partial charge on any atom is -0.507 e. The average Bonchev–Trinajstić information content (AvgIpc) is 3.52. The maximum atomic E-state index is 13.3. The molecule has 1 aromatic heterocycles. The van der Waals surface area contributed by atoms with E-state index in [1.165, 1.54) is 0 Å². The molecule has 1 saturated carbocycles. The fourth-order valence-corrected chi connectivity index (χ4v) is 5.23. The molecule has 32 heavy (non-hydrogen) atoms. The van der Waals surface area contributed by atoms with Gasteiger partial charge < -0.3 is 19.3 Å². The van der Waals surface area contributed by atoms with E-state index in [4.69, 9.17) is 4.74 Å². The number of nitrogens with zero attached hydrogens (tertiary/aromatic N) is 2. The first-order chi connectivity index (χ1) is 15.5. The number of Topliss-reactive ketones (excluding diaryl/α,β-unsaturated/α-hetero) is 1. The van der Waals surface area contributed by atoms with Crippen LogP contribution >= 0.6 is 0 Å². The largest absolute Gasteiger partial charge is 0.507 e. The van der Waals surface area contributed by atoms with Gasteiger partial charge in [0.25, 0.3) is 11.7 Å². The summed E-state index contributed by atoms with van der Waals surface area (Å²) in [6.07, 6.45) is 5.78. The second-order valence-electron chi connectivity index (χ2n) is 8.59. The molecule has 1 unspecified atom stereocenters. The number of aliphatic hydroxyl groups is 1. The molecule has 6 nitrogen and oxygen atoms in total. The highest BCUT2D eigenvalue weighted by Gasteiger charge is 2.50. The first kappa shape index (κ1) is 20.4. The topological polar surface area (TPSA) is 71.8 Å². The SMILES string of the molecule is COc1cccc(/C(O)=C2\C(=O)C(=O)N(C3CCCC3)C2c2cn(C)c3ccccc23)c1. The molecule has 1 aliphatic heterocycles. The molecule has 3 aromatic rings. The van der Waals surface area contributed by atoms with E-state index in [0.717, 1.165) is 42.1 Å². The number of aromatic nitrogens is 1. The maximum Gasteiger partial charge on any atom is 0.295 e. The van der Waals surface area contributed by atoms with Crippen molar-refractivity contribution < 1.29 is 19.4 Å². The van der Waals surface area contributed by atoms with Crippen molar-refractivity contribution >= 4 is 28.4 Å². The number of methoxy groups -OCH3 is 1. The number of hydrogen-bond donors (Lipinski definition) is 1. The first-order valence-corrected chi connectivity index (χ1v) is 11.0. The lowest BCUT2D eigenvalue weighted by molar-refractivity contribution is -0.141. The van der Waals surface area contributed by atoms with Crippen molar-refractivity contribution in [2.45, 2.75) is 37.8 Å². The molecule has 1 amide bonds. The maximum absolute atomic E-state index is 13.3. The Morgan fingerprint density at radius 3 is 2.56 bits per heavy atom. The molecule has 5 rings (SSSR count). The Kier molecular flexibility index (Phi) is 5.00. The third-order valence-electron chi connectivity index (χ3n) is 6.76. The van der Waals surface area contributed by atoms with Crippen LogP contribution in [0, 0.1) is 0 Å². The van der Waals surface area contributed by atoms with Crippen LogP contribution in [0.5, 0.6) is 5.75 Å². The predicted molar refractivity (Wildman–Crippen MR) is 122 cm³/mol. The van der Waals surface area contributed by atoms with Gasteiger partial charge >= 0.3 is 0 Å². The van der Waals surface area contributed by atoms with E-state index < -0.39 is 17.7 Å². The fourth-order valence-electron chi connectivity index (χ4n) is 5.23. The van der Waals surface area contributed by atoms with E-state index >= 15 is 0 Å². The van der Waals surface area contributed by atoms with Crippen LogP contribution in [0.4, 0.5) is 0 Å². The van der Waals surface area contributed by atoms with Crippen LogP contribution in [-0.2, 0) is 16.6 Å². The van der Waals surface area contributed by atoms with E-state index in [2.05, 4.69) is 0 Å². The molecule has 6 heteroatoms. The molecule has 2 aromatic carbocycles. The van der Waals surface area contributed by atoms with Crippen molar-refractivity contribution in [2.75, 3.05) is 7.11 Å². The van der Waals surface area contributed by atoms with Crippen LogP contribution in [0.2, 0.25) is 0 Å². The predicted octanol–water partition coefficient (Wildman–Crippen LogP) is 4.55. The molecule has 164 valence electrons. The Hall–Kier alpha value is -3.54. The number of carbonyl (C=O) groups excluding carboxylic acids is 2. The number of amides is 1. The van der Waals surface area contributed by atoms with Crippen LogP contribution in [0.25, 0.3) is 16.7 Å². The van der Waals surface area contributed by atoms with Crippen molar-refractivity contribution in [3.63, 3.8) is 0 Å². The third-order valence-corrected chi connectivity index (χ3v) is 6.76. The quantitative estimate of drug-likeness (QED) is 0.374. The number of aliphatic hydroxyl groups excluding tert-OH is 1. The van der Waals surface area contributed by atoms with Crippen LogP contribution in [-0.4, -0.2) is 39.4 Å². The standard InChI is InChI=1S/C26H26N2O4/c1-27-15-20(19-12-5-6-13-21(19)27)23-22(24(29)16-8-7-11-18(14-16)32-2)25(30)26(31)28(23)17-9-3-4-10-17/h5-8,11-15,17,23,29H,3-4,9-10H2,1-2H3/b24-22+. The van der Waals surface area contributed by atoms with Gasteiger partial charge in [0.05, 0.1) is 18.7 Å².